The van der Waals surface area contributed by atoms with Crippen molar-refractivity contribution in [2.24, 2.45) is 0 Å². The van der Waals surface area contributed by atoms with E-state index in [1.54, 1.807) is 54.6 Å². The van der Waals surface area contributed by atoms with Gasteiger partial charge in [0.1, 0.15) is 12.4 Å². The smallest absolute Gasteiger partial charge is 0.255 e. The van der Waals surface area contributed by atoms with Gasteiger partial charge in [0.25, 0.3) is 5.91 Å². The Hall–Kier alpha value is -2.89. The lowest BCUT2D eigenvalue weighted by Gasteiger charge is -2.30. The predicted octanol–water partition coefficient (Wildman–Crippen LogP) is 5.32. The first-order valence-corrected chi connectivity index (χ1v) is 9.59. The molecule has 1 aliphatic heterocycles. The zero-order valence-corrected chi connectivity index (χ0v) is 16.5. The summed E-state index contributed by atoms with van der Waals surface area (Å²) in [7, 11) is 0. The molecule has 3 aromatic rings. The van der Waals surface area contributed by atoms with E-state index >= 15 is 0 Å². The van der Waals surface area contributed by atoms with E-state index < -0.39 is 6.04 Å². The van der Waals surface area contributed by atoms with Crippen LogP contribution in [0.2, 0.25) is 10.0 Å². The van der Waals surface area contributed by atoms with Crippen molar-refractivity contribution in [3.8, 4) is 0 Å². The van der Waals surface area contributed by atoms with Crippen LogP contribution in [0, 0.1) is 5.82 Å². The molecule has 1 aliphatic rings. The number of halogens is 3. The minimum absolute atomic E-state index is 0.171. The molecule has 146 valence electrons. The molecule has 0 fully saturated rings. The maximum atomic E-state index is 13.5. The summed E-state index contributed by atoms with van der Waals surface area (Å²) < 4.78 is 13.5. The van der Waals surface area contributed by atoms with Gasteiger partial charge in [0.05, 0.1) is 6.04 Å². The van der Waals surface area contributed by atoms with Gasteiger partial charge in [0, 0.05) is 26.9 Å². The van der Waals surface area contributed by atoms with Crippen LogP contribution in [0.25, 0.3) is 0 Å². The number of fused-ring (bicyclic) bond motifs is 1. The first kappa shape index (κ1) is 19.4. The molecule has 2 amide bonds. The molecular weight excluding hydrogens is 414 g/mol. The lowest BCUT2D eigenvalue weighted by molar-refractivity contribution is -0.117. The van der Waals surface area contributed by atoms with Crippen molar-refractivity contribution in [3.63, 3.8) is 0 Å². The average molecular weight is 429 g/mol. The highest BCUT2D eigenvalue weighted by molar-refractivity contribution is 6.31. The number of carbonyl (C=O) groups excluding carboxylic acids is 2. The minimum Gasteiger partial charge on any atom is -0.324 e. The number of anilines is 1. The molecule has 0 saturated heterocycles. The van der Waals surface area contributed by atoms with Gasteiger partial charge < -0.3 is 10.2 Å². The molecule has 0 saturated carbocycles. The number of hydrogen-bond donors (Lipinski definition) is 1. The number of carbonyl (C=O) groups is 2. The zero-order chi connectivity index (χ0) is 20.5. The van der Waals surface area contributed by atoms with E-state index in [1.165, 1.54) is 17.0 Å². The third-order valence-electron chi connectivity index (χ3n) is 4.75. The van der Waals surface area contributed by atoms with Crippen LogP contribution in [0.4, 0.5) is 10.1 Å². The van der Waals surface area contributed by atoms with Gasteiger partial charge >= 0.3 is 0 Å². The van der Waals surface area contributed by atoms with Gasteiger partial charge in [-0.1, -0.05) is 41.4 Å². The standard InChI is InChI=1S/C22H15Cl2FN2O2/c23-15-5-1-14(2-6-15)22(29)27-12-20(28)26-19-11-16(24)7-10-18(19)21(27)13-3-8-17(25)9-4-13/h1-11,21H,12H2,(H,26,28). The van der Waals surface area contributed by atoms with Crippen LogP contribution < -0.4 is 5.32 Å². The molecule has 1 heterocycles. The van der Waals surface area contributed by atoms with Crippen molar-refractivity contribution >= 4 is 40.7 Å². The first-order valence-electron chi connectivity index (χ1n) is 8.83. The number of hydrogen-bond acceptors (Lipinski definition) is 2. The van der Waals surface area contributed by atoms with Gasteiger partial charge in [-0.05, 0) is 54.1 Å². The van der Waals surface area contributed by atoms with E-state index in [-0.39, 0.29) is 24.2 Å². The van der Waals surface area contributed by atoms with Crippen LogP contribution >= 0.6 is 23.2 Å². The fourth-order valence-corrected chi connectivity index (χ4v) is 3.73. The normalized spacial score (nSPS) is 16.0. The van der Waals surface area contributed by atoms with E-state index in [9.17, 15) is 14.0 Å². The van der Waals surface area contributed by atoms with Crippen LogP contribution in [0.5, 0.6) is 0 Å². The molecule has 0 radical (unpaired) electrons. The Labute approximate surface area is 176 Å². The summed E-state index contributed by atoms with van der Waals surface area (Å²) in [5.41, 5.74) is 2.28. The van der Waals surface area contributed by atoms with Gasteiger partial charge in [0.15, 0.2) is 0 Å². The maximum absolute atomic E-state index is 13.5. The average Bonchev–Trinajstić information content (AvgIpc) is 2.84. The second kappa shape index (κ2) is 7.85. The number of nitrogens with zero attached hydrogens (tertiary/aromatic N) is 1. The van der Waals surface area contributed by atoms with E-state index in [4.69, 9.17) is 23.2 Å². The number of rotatable bonds is 2. The van der Waals surface area contributed by atoms with Crippen molar-refractivity contribution in [3.05, 3.63) is 99.3 Å². The van der Waals surface area contributed by atoms with Gasteiger partial charge in [-0.25, -0.2) is 4.39 Å². The predicted molar refractivity (Wildman–Crippen MR) is 111 cm³/mol. The zero-order valence-electron chi connectivity index (χ0n) is 15.0. The molecule has 3 aromatic carbocycles. The summed E-state index contributed by atoms with van der Waals surface area (Å²) in [6.07, 6.45) is 0. The first-order chi connectivity index (χ1) is 13.9. The minimum atomic E-state index is -0.606. The summed E-state index contributed by atoms with van der Waals surface area (Å²) in [4.78, 5) is 27.4. The van der Waals surface area contributed by atoms with Crippen LogP contribution in [0.3, 0.4) is 0 Å². The Morgan fingerprint density at radius 2 is 1.62 bits per heavy atom. The molecule has 0 aromatic heterocycles. The van der Waals surface area contributed by atoms with Gasteiger partial charge in [0.2, 0.25) is 5.91 Å². The molecule has 0 spiro atoms. The molecule has 4 rings (SSSR count). The van der Waals surface area contributed by atoms with Crippen LogP contribution in [-0.2, 0) is 4.79 Å². The van der Waals surface area contributed by atoms with E-state index in [0.29, 0.717) is 32.4 Å². The fourth-order valence-electron chi connectivity index (χ4n) is 3.43. The van der Waals surface area contributed by atoms with Crippen molar-refractivity contribution < 1.29 is 14.0 Å². The third kappa shape index (κ3) is 3.97. The number of amides is 2. The maximum Gasteiger partial charge on any atom is 0.255 e. The molecule has 0 aliphatic carbocycles. The Bertz CT molecular complexity index is 1080. The number of benzene rings is 3. The summed E-state index contributed by atoms with van der Waals surface area (Å²) in [5.74, 6) is -1.07. The van der Waals surface area contributed by atoms with Gasteiger partial charge in [-0.15, -0.1) is 0 Å². The molecule has 0 bridgehead atoms. The van der Waals surface area contributed by atoms with Crippen LogP contribution in [-0.4, -0.2) is 23.3 Å². The van der Waals surface area contributed by atoms with E-state index in [1.807, 2.05) is 0 Å². The second-order valence-electron chi connectivity index (χ2n) is 6.67. The molecule has 1 N–H and O–H groups in total. The monoisotopic (exact) mass is 428 g/mol. The Kier molecular flexibility index (Phi) is 5.26. The van der Waals surface area contributed by atoms with E-state index in [2.05, 4.69) is 5.32 Å². The molecule has 29 heavy (non-hydrogen) atoms. The van der Waals surface area contributed by atoms with E-state index in [0.717, 1.165) is 0 Å². The summed E-state index contributed by atoms with van der Waals surface area (Å²) in [6, 6.07) is 16.8. The quantitative estimate of drug-likeness (QED) is 0.600. The highest BCUT2D eigenvalue weighted by Crippen LogP contribution is 2.37. The van der Waals surface area contributed by atoms with Crippen molar-refractivity contribution in [2.45, 2.75) is 6.04 Å². The largest absolute Gasteiger partial charge is 0.324 e. The highest BCUT2D eigenvalue weighted by Gasteiger charge is 2.34. The highest BCUT2D eigenvalue weighted by atomic mass is 35.5. The lowest BCUT2D eigenvalue weighted by Crippen LogP contribution is -2.39. The topological polar surface area (TPSA) is 49.4 Å². The molecule has 1 unspecified atom stereocenters. The van der Waals surface area contributed by atoms with Gasteiger partial charge in [-0.2, -0.15) is 0 Å². The Balaban J connectivity index is 1.87. The number of nitrogens with one attached hydrogen (secondary N) is 1. The van der Waals surface area contributed by atoms with Gasteiger partial charge in [-0.3, -0.25) is 9.59 Å². The molecule has 4 nitrogen and oxygen atoms in total. The Morgan fingerprint density at radius 1 is 0.966 bits per heavy atom. The molecule has 1 atom stereocenters. The summed E-state index contributed by atoms with van der Waals surface area (Å²) >= 11 is 12.0. The SMILES string of the molecule is O=C1CN(C(=O)c2ccc(Cl)cc2)C(c2ccc(F)cc2)c2ccc(Cl)cc2N1. The van der Waals surface area contributed by atoms with Crippen LogP contribution in [0.15, 0.2) is 66.7 Å². The summed E-state index contributed by atoms with van der Waals surface area (Å²) in [6.45, 7) is -0.171. The van der Waals surface area contributed by atoms with Crippen LogP contribution in [0.1, 0.15) is 27.5 Å². The van der Waals surface area contributed by atoms with Crippen molar-refractivity contribution in [2.75, 3.05) is 11.9 Å². The fraction of sp³-hybridized carbons (Fsp3) is 0.0909. The van der Waals surface area contributed by atoms with Crippen molar-refractivity contribution in [1.29, 1.82) is 0 Å². The molecule has 7 heteroatoms. The lowest BCUT2D eigenvalue weighted by atomic mass is 9.95. The third-order valence-corrected chi connectivity index (χ3v) is 5.23. The Morgan fingerprint density at radius 3 is 2.31 bits per heavy atom. The second-order valence-corrected chi connectivity index (χ2v) is 7.55. The summed E-state index contributed by atoms with van der Waals surface area (Å²) in [5, 5.41) is 3.77. The van der Waals surface area contributed by atoms with Crippen molar-refractivity contribution in [1.82, 2.24) is 4.90 Å². The molecular formula is C22H15Cl2FN2O2.